The molecule has 0 aromatic heterocycles. The molecule has 1 aromatic carbocycles. The lowest BCUT2D eigenvalue weighted by atomic mass is 10.1. The summed E-state index contributed by atoms with van der Waals surface area (Å²) in [6.45, 7) is 0. The lowest BCUT2D eigenvalue weighted by molar-refractivity contribution is -0.0927. The summed E-state index contributed by atoms with van der Waals surface area (Å²) < 4.78 is 36.1. The highest BCUT2D eigenvalue weighted by Gasteiger charge is 2.32. The first-order valence-electron chi connectivity index (χ1n) is 4.15. The normalized spacial score (nSPS) is 12.6. The Morgan fingerprint density at radius 3 is 2.19 bits per heavy atom. The molecule has 0 heterocycles. The Balaban J connectivity index is 2.92. The van der Waals surface area contributed by atoms with E-state index in [4.69, 9.17) is 17.3 Å². The van der Waals surface area contributed by atoms with Gasteiger partial charge >= 0.3 is 6.18 Å². The standard InChI is InChI=1S/C10H7ClF3NO/c11-7-3-1-6(2-4-7)8(16)5-9(15)10(12,13)14/h1-5H,15H2/b9-5-. The summed E-state index contributed by atoms with van der Waals surface area (Å²) in [5, 5.41) is 0.393. The number of rotatable bonds is 2. The fourth-order valence-corrected chi connectivity index (χ4v) is 1.05. The molecule has 0 amide bonds. The molecular weight excluding hydrogens is 243 g/mol. The van der Waals surface area contributed by atoms with Crippen LogP contribution in [0.15, 0.2) is 36.0 Å². The lowest BCUT2D eigenvalue weighted by Crippen LogP contribution is -2.20. The molecule has 1 aromatic rings. The second-order valence-electron chi connectivity index (χ2n) is 2.97. The molecule has 0 aliphatic rings. The average Bonchev–Trinajstić information content (AvgIpc) is 2.17. The van der Waals surface area contributed by atoms with E-state index in [0.717, 1.165) is 0 Å². The molecule has 86 valence electrons. The van der Waals surface area contributed by atoms with Crippen LogP contribution in [0.4, 0.5) is 13.2 Å². The fourth-order valence-electron chi connectivity index (χ4n) is 0.921. The molecule has 2 nitrogen and oxygen atoms in total. The van der Waals surface area contributed by atoms with Crippen LogP contribution < -0.4 is 5.73 Å². The van der Waals surface area contributed by atoms with Crippen LogP contribution in [0.2, 0.25) is 5.02 Å². The number of carbonyl (C=O) groups is 1. The molecule has 0 radical (unpaired) electrons. The summed E-state index contributed by atoms with van der Waals surface area (Å²) in [5.74, 6) is -0.813. The van der Waals surface area contributed by atoms with Crippen LogP contribution in [0.25, 0.3) is 0 Å². The van der Waals surface area contributed by atoms with Crippen molar-refractivity contribution in [1.82, 2.24) is 0 Å². The molecule has 0 saturated carbocycles. The first-order valence-corrected chi connectivity index (χ1v) is 4.53. The van der Waals surface area contributed by atoms with E-state index < -0.39 is 17.7 Å². The van der Waals surface area contributed by atoms with E-state index in [9.17, 15) is 18.0 Å². The van der Waals surface area contributed by atoms with Crippen molar-refractivity contribution < 1.29 is 18.0 Å². The molecule has 0 aliphatic heterocycles. The van der Waals surface area contributed by atoms with Crippen LogP contribution in [-0.2, 0) is 0 Å². The van der Waals surface area contributed by atoms with Crippen LogP contribution in [0.5, 0.6) is 0 Å². The zero-order valence-corrected chi connectivity index (χ0v) is 8.64. The summed E-state index contributed by atoms with van der Waals surface area (Å²) in [7, 11) is 0. The van der Waals surface area contributed by atoms with E-state index in [0.29, 0.717) is 11.1 Å². The Kier molecular flexibility index (Phi) is 3.59. The minimum absolute atomic E-state index is 0.0941. The Bertz CT molecular complexity index is 423. The maximum atomic E-state index is 12.0. The molecule has 0 fully saturated rings. The van der Waals surface area contributed by atoms with Crippen molar-refractivity contribution in [1.29, 1.82) is 0 Å². The SMILES string of the molecule is N/C(=C\C(=O)c1ccc(Cl)cc1)C(F)(F)F. The summed E-state index contributed by atoms with van der Waals surface area (Å²) in [4.78, 5) is 11.3. The van der Waals surface area contributed by atoms with E-state index in [1.807, 2.05) is 0 Å². The van der Waals surface area contributed by atoms with E-state index >= 15 is 0 Å². The van der Waals surface area contributed by atoms with Gasteiger partial charge in [0, 0.05) is 16.7 Å². The average molecular weight is 250 g/mol. The van der Waals surface area contributed by atoms with Crippen molar-refractivity contribution >= 4 is 17.4 Å². The number of nitrogens with two attached hydrogens (primary N) is 1. The lowest BCUT2D eigenvalue weighted by Gasteiger charge is -2.05. The van der Waals surface area contributed by atoms with Crippen molar-refractivity contribution in [2.45, 2.75) is 6.18 Å². The van der Waals surface area contributed by atoms with Crippen molar-refractivity contribution in [2.75, 3.05) is 0 Å². The van der Waals surface area contributed by atoms with Crippen molar-refractivity contribution in [3.8, 4) is 0 Å². The highest BCUT2D eigenvalue weighted by Crippen LogP contribution is 2.21. The number of ketones is 1. The molecule has 0 bridgehead atoms. The molecule has 0 saturated heterocycles. The number of halogens is 4. The van der Waals surface area contributed by atoms with Gasteiger partial charge in [-0.3, -0.25) is 4.79 Å². The molecule has 0 atom stereocenters. The summed E-state index contributed by atoms with van der Waals surface area (Å²) >= 11 is 5.56. The fraction of sp³-hybridized carbons (Fsp3) is 0.100. The van der Waals surface area contributed by atoms with Gasteiger partial charge in [-0.15, -0.1) is 0 Å². The van der Waals surface area contributed by atoms with Gasteiger partial charge in [-0.05, 0) is 24.3 Å². The van der Waals surface area contributed by atoms with Crippen LogP contribution >= 0.6 is 11.6 Å². The predicted molar refractivity (Wildman–Crippen MR) is 54.1 cm³/mol. The van der Waals surface area contributed by atoms with Gasteiger partial charge in [0.15, 0.2) is 5.78 Å². The Morgan fingerprint density at radius 1 is 1.25 bits per heavy atom. The van der Waals surface area contributed by atoms with Crippen molar-refractivity contribution in [3.63, 3.8) is 0 Å². The van der Waals surface area contributed by atoms with E-state index in [1.54, 1.807) is 0 Å². The number of hydrogen-bond donors (Lipinski definition) is 1. The van der Waals surface area contributed by atoms with Gasteiger partial charge in [-0.25, -0.2) is 0 Å². The first-order chi connectivity index (χ1) is 7.30. The van der Waals surface area contributed by atoms with Gasteiger partial charge in [-0.2, -0.15) is 13.2 Å². The maximum absolute atomic E-state index is 12.0. The van der Waals surface area contributed by atoms with E-state index in [2.05, 4.69) is 0 Å². The number of hydrogen-bond acceptors (Lipinski definition) is 2. The smallest absolute Gasteiger partial charge is 0.395 e. The van der Waals surface area contributed by atoms with Gasteiger partial charge in [0.2, 0.25) is 0 Å². The molecule has 1 rings (SSSR count). The summed E-state index contributed by atoms with van der Waals surface area (Å²) in [5.41, 5.74) is 3.38. The predicted octanol–water partition coefficient (Wildman–Crippen LogP) is 2.93. The zero-order valence-electron chi connectivity index (χ0n) is 7.88. The molecule has 16 heavy (non-hydrogen) atoms. The second-order valence-corrected chi connectivity index (χ2v) is 3.41. The van der Waals surface area contributed by atoms with Gasteiger partial charge in [0.05, 0.1) is 0 Å². The highest BCUT2D eigenvalue weighted by molar-refractivity contribution is 6.30. The molecule has 0 unspecified atom stereocenters. The molecule has 0 aliphatic carbocycles. The monoisotopic (exact) mass is 249 g/mol. The molecular formula is C10H7ClF3NO. The van der Waals surface area contributed by atoms with Gasteiger partial charge < -0.3 is 5.73 Å². The van der Waals surface area contributed by atoms with Gasteiger partial charge in [0.1, 0.15) is 5.70 Å². The van der Waals surface area contributed by atoms with Crippen molar-refractivity contribution in [3.05, 3.63) is 46.6 Å². The molecule has 2 N–H and O–H groups in total. The Morgan fingerprint density at radius 2 is 1.75 bits per heavy atom. The molecule has 6 heteroatoms. The largest absolute Gasteiger partial charge is 0.430 e. The summed E-state index contributed by atoms with van der Waals surface area (Å²) in [6, 6.07) is 5.47. The zero-order chi connectivity index (χ0) is 12.3. The third kappa shape index (κ3) is 3.27. The number of benzene rings is 1. The van der Waals surface area contributed by atoms with E-state index in [-0.39, 0.29) is 5.56 Å². The quantitative estimate of drug-likeness (QED) is 0.647. The van der Waals surface area contributed by atoms with Gasteiger partial charge in [-0.1, -0.05) is 11.6 Å². The third-order valence-corrected chi connectivity index (χ3v) is 1.99. The van der Waals surface area contributed by atoms with Crippen molar-refractivity contribution in [2.24, 2.45) is 5.73 Å². The first kappa shape index (κ1) is 12.6. The minimum Gasteiger partial charge on any atom is -0.395 e. The van der Waals surface area contributed by atoms with Gasteiger partial charge in [0.25, 0.3) is 0 Å². The number of alkyl halides is 3. The summed E-state index contributed by atoms with van der Waals surface area (Å²) in [6.07, 6.45) is -4.34. The Hall–Kier alpha value is -1.49. The third-order valence-electron chi connectivity index (χ3n) is 1.74. The second kappa shape index (κ2) is 4.57. The Labute approximate surface area is 94.5 Å². The van der Waals surface area contributed by atoms with Crippen LogP contribution in [0, 0.1) is 0 Å². The minimum atomic E-state index is -4.69. The van der Waals surface area contributed by atoms with Crippen LogP contribution in [0.3, 0.4) is 0 Å². The topological polar surface area (TPSA) is 43.1 Å². The number of allylic oxidation sites excluding steroid dienone is 2. The maximum Gasteiger partial charge on any atom is 0.430 e. The van der Waals surface area contributed by atoms with Crippen LogP contribution in [-0.4, -0.2) is 12.0 Å². The highest BCUT2D eigenvalue weighted by atomic mass is 35.5. The number of carbonyl (C=O) groups excluding carboxylic acids is 1. The van der Waals surface area contributed by atoms with Crippen LogP contribution in [0.1, 0.15) is 10.4 Å². The molecule has 0 spiro atoms. The van der Waals surface area contributed by atoms with E-state index in [1.165, 1.54) is 24.3 Å².